The van der Waals surface area contributed by atoms with E-state index in [1.807, 2.05) is 6.92 Å². The van der Waals surface area contributed by atoms with Gasteiger partial charge in [-0.15, -0.1) is 0 Å². The Morgan fingerprint density at radius 3 is 2.21 bits per heavy atom. The molecule has 1 aliphatic rings. The minimum Gasteiger partial charge on any atom is -0.494 e. The third kappa shape index (κ3) is 4.10. The lowest BCUT2D eigenvalue weighted by Crippen LogP contribution is -2.33. The lowest BCUT2D eigenvalue weighted by atomic mass is 9.89. The molecule has 0 fully saturated rings. The van der Waals surface area contributed by atoms with Gasteiger partial charge in [-0.25, -0.2) is 9.59 Å². The number of ether oxygens (including phenoxy) is 3. The van der Waals surface area contributed by atoms with Gasteiger partial charge in [0.1, 0.15) is 17.5 Å². The van der Waals surface area contributed by atoms with Crippen molar-refractivity contribution in [2.45, 2.75) is 13.0 Å². The van der Waals surface area contributed by atoms with E-state index < -0.39 is 23.8 Å². The topological polar surface area (TPSA) is 135 Å². The van der Waals surface area contributed by atoms with Crippen LogP contribution in [-0.2, 0) is 14.3 Å². The summed E-state index contributed by atoms with van der Waals surface area (Å²) in [6.45, 7) is 2.35. The van der Waals surface area contributed by atoms with E-state index >= 15 is 0 Å². The monoisotopic (exact) mass is 463 g/mol. The van der Waals surface area contributed by atoms with Crippen molar-refractivity contribution in [3.8, 4) is 5.75 Å². The summed E-state index contributed by atoms with van der Waals surface area (Å²) >= 11 is 0. The molecule has 174 valence electrons. The van der Waals surface area contributed by atoms with Gasteiger partial charge in [0, 0.05) is 5.56 Å². The first-order valence-electron chi connectivity index (χ1n) is 10.3. The van der Waals surface area contributed by atoms with E-state index in [9.17, 15) is 14.4 Å². The summed E-state index contributed by atoms with van der Waals surface area (Å²) < 4.78 is 16.5. The summed E-state index contributed by atoms with van der Waals surface area (Å²) in [6.07, 6.45) is 0. The van der Waals surface area contributed by atoms with Crippen molar-refractivity contribution >= 4 is 23.7 Å². The molecule has 1 aliphatic heterocycles. The van der Waals surface area contributed by atoms with Crippen LogP contribution in [0.1, 0.15) is 39.2 Å². The molecule has 0 spiro atoms. The summed E-state index contributed by atoms with van der Waals surface area (Å²) in [5, 5.41) is 14.4. The predicted molar refractivity (Wildman–Crippen MR) is 118 cm³/mol. The number of ketones is 1. The highest BCUT2D eigenvalue weighted by molar-refractivity contribution is 6.15. The van der Waals surface area contributed by atoms with Gasteiger partial charge in [0.15, 0.2) is 5.78 Å². The SMILES string of the molecule is CCOc1ccc(C(=O)C2=C(C(=O)OC)Nc3nnnn3[C@H]2c2ccc(C(=O)OC)cc2)cc1. The molecule has 1 N–H and O–H groups in total. The summed E-state index contributed by atoms with van der Waals surface area (Å²) in [5.74, 6) is -0.915. The van der Waals surface area contributed by atoms with Crippen molar-refractivity contribution in [2.24, 2.45) is 0 Å². The van der Waals surface area contributed by atoms with Gasteiger partial charge in [0.25, 0.3) is 0 Å². The van der Waals surface area contributed by atoms with Crippen LogP contribution in [0.15, 0.2) is 59.8 Å². The van der Waals surface area contributed by atoms with Gasteiger partial charge in [0.2, 0.25) is 5.95 Å². The molecule has 0 saturated heterocycles. The van der Waals surface area contributed by atoms with Gasteiger partial charge in [-0.2, -0.15) is 4.68 Å². The Hall–Kier alpha value is -4.54. The second kappa shape index (κ2) is 9.53. The molecular formula is C23H21N5O6. The predicted octanol–water partition coefficient (Wildman–Crippen LogP) is 2.18. The summed E-state index contributed by atoms with van der Waals surface area (Å²) in [4.78, 5) is 38.3. The number of aromatic nitrogens is 4. The van der Waals surface area contributed by atoms with Crippen molar-refractivity contribution < 1.29 is 28.6 Å². The van der Waals surface area contributed by atoms with Gasteiger partial charge in [0.05, 0.1) is 32.0 Å². The number of carbonyl (C=O) groups is 3. The Balaban J connectivity index is 1.85. The molecule has 4 rings (SSSR count). The minimum atomic E-state index is -0.869. The number of hydrogen-bond acceptors (Lipinski definition) is 10. The second-order valence-electron chi connectivity index (χ2n) is 7.15. The van der Waals surface area contributed by atoms with E-state index in [1.54, 1.807) is 48.5 Å². The average molecular weight is 463 g/mol. The Labute approximate surface area is 194 Å². The maximum atomic E-state index is 13.7. The van der Waals surface area contributed by atoms with Crippen molar-refractivity contribution in [2.75, 3.05) is 26.1 Å². The average Bonchev–Trinajstić information content (AvgIpc) is 3.35. The Kier molecular flexibility index (Phi) is 6.35. The third-order valence-electron chi connectivity index (χ3n) is 5.23. The summed E-state index contributed by atoms with van der Waals surface area (Å²) in [7, 11) is 2.50. The van der Waals surface area contributed by atoms with Gasteiger partial charge >= 0.3 is 11.9 Å². The molecule has 0 unspecified atom stereocenters. The van der Waals surface area contributed by atoms with Gasteiger partial charge in [-0.1, -0.05) is 17.2 Å². The molecule has 34 heavy (non-hydrogen) atoms. The highest BCUT2D eigenvalue weighted by Crippen LogP contribution is 2.37. The first-order chi connectivity index (χ1) is 16.5. The molecule has 11 heteroatoms. The lowest BCUT2D eigenvalue weighted by molar-refractivity contribution is -0.136. The molecule has 0 aliphatic carbocycles. The van der Waals surface area contributed by atoms with Crippen molar-refractivity contribution in [3.63, 3.8) is 0 Å². The van der Waals surface area contributed by atoms with Crippen LogP contribution in [0.4, 0.5) is 5.95 Å². The molecule has 1 aromatic heterocycles. The van der Waals surface area contributed by atoms with Crippen LogP contribution < -0.4 is 10.1 Å². The van der Waals surface area contributed by atoms with Crippen LogP contribution in [0.2, 0.25) is 0 Å². The fourth-order valence-electron chi connectivity index (χ4n) is 3.64. The van der Waals surface area contributed by atoms with Crippen LogP contribution in [0, 0.1) is 0 Å². The largest absolute Gasteiger partial charge is 0.494 e. The van der Waals surface area contributed by atoms with E-state index in [0.717, 1.165) is 0 Å². The molecule has 2 aromatic carbocycles. The third-order valence-corrected chi connectivity index (χ3v) is 5.23. The standard InChI is InChI=1S/C23H21N5O6/c1-4-34-16-11-9-14(10-12-16)20(29)17-18(22(31)33-3)24-23-25-26-27-28(23)19(17)13-5-7-15(8-6-13)21(30)32-2/h5-12,19H,4H2,1-3H3,(H,24,25,27)/t19-/m0/s1. The molecule has 11 nitrogen and oxygen atoms in total. The highest BCUT2D eigenvalue weighted by atomic mass is 16.5. The number of tetrazole rings is 1. The lowest BCUT2D eigenvalue weighted by Gasteiger charge is -2.28. The molecule has 0 radical (unpaired) electrons. The van der Waals surface area contributed by atoms with Gasteiger partial charge < -0.3 is 19.5 Å². The fraction of sp³-hybridized carbons (Fsp3) is 0.217. The number of fused-ring (bicyclic) bond motifs is 1. The number of rotatable bonds is 7. The van der Waals surface area contributed by atoms with Crippen LogP contribution in [0.3, 0.4) is 0 Å². The highest BCUT2D eigenvalue weighted by Gasteiger charge is 2.38. The van der Waals surface area contributed by atoms with Gasteiger partial charge in [-0.3, -0.25) is 4.79 Å². The van der Waals surface area contributed by atoms with E-state index in [1.165, 1.54) is 18.9 Å². The number of nitrogens with zero attached hydrogens (tertiary/aromatic N) is 4. The van der Waals surface area contributed by atoms with Crippen molar-refractivity contribution in [3.05, 3.63) is 76.5 Å². The molecule has 0 saturated carbocycles. The van der Waals surface area contributed by atoms with E-state index in [-0.39, 0.29) is 17.2 Å². The van der Waals surface area contributed by atoms with Crippen LogP contribution in [-0.4, -0.2) is 58.8 Å². The van der Waals surface area contributed by atoms with Gasteiger partial charge in [-0.05, 0) is 59.3 Å². The zero-order valence-electron chi connectivity index (χ0n) is 18.6. The maximum Gasteiger partial charge on any atom is 0.355 e. The zero-order valence-corrected chi connectivity index (χ0v) is 18.6. The number of methoxy groups -OCH3 is 2. The van der Waals surface area contributed by atoms with Crippen LogP contribution in [0.25, 0.3) is 0 Å². The van der Waals surface area contributed by atoms with Crippen LogP contribution in [0.5, 0.6) is 5.75 Å². The first kappa shape index (κ1) is 22.6. The van der Waals surface area contributed by atoms with E-state index in [0.29, 0.717) is 29.0 Å². The molecule has 1 atom stereocenters. The summed E-state index contributed by atoms with van der Waals surface area (Å²) in [6, 6.07) is 12.1. The number of Topliss-reactive ketones (excluding diaryl/α,β-unsaturated/α-hetero) is 1. The number of nitrogens with one attached hydrogen (secondary N) is 1. The number of esters is 2. The molecule has 3 aromatic rings. The Bertz CT molecular complexity index is 1260. The van der Waals surface area contributed by atoms with Crippen LogP contribution >= 0.6 is 0 Å². The number of anilines is 1. The number of allylic oxidation sites excluding steroid dienone is 1. The number of carbonyl (C=O) groups excluding carboxylic acids is 3. The van der Waals surface area contributed by atoms with Crippen molar-refractivity contribution in [1.82, 2.24) is 20.2 Å². The smallest absolute Gasteiger partial charge is 0.355 e. The molecule has 2 heterocycles. The normalized spacial score (nSPS) is 14.6. The van der Waals surface area contributed by atoms with Crippen molar-refractivity contribution in [1.29, 1.82) is 0 Å². The summed E-state index contributed by atoms with van der Waals surface area (Å²) in [5.41, 5.74) is 1.23. The fourth-order valence-corrected chi connectivity index (χ4v) is 3.64. The minimum absolute atomic E-state index is 0.0780. The van der Waals surface area contributed by atoms with E-state index in [4.69, 9.17) is 14.2 Å². The number of hydrogen-bond donors (Lipinski definition) is 1. The van der Waals surface area contributed by atoms with E-state index in [2.05, 4.69) is 20.8 Å². The second-order valence-corrected chi connectivity index (χ2v) is 7.15. The first-order valence-corrected chi connectivity index (χ1v) is 10.3. The molecule has 0 amide bonds. The maximum absolute atomic E-state index is 13.7. The molecule has 0 bridgehead atoms. The zero-order chi connectivity index (χ0) is 24.2. The Morgan fingerprint density at radius 1 is 0.941 bits per heavy atom. The number of benzene rings is 2. The molecular weight excluding hydrogens is 442 g/mol. The quantitative estimate of drug-likeness (QED) is 0.410. The Morgan fingerprint density at radius 2 is 1.59 bits per heavy atom.